The third-order valence-corrected chi connectivity index (χ3v) is 3.54. The van der Waals surface area contributed by atoms with Crippen LogP contribution in [0.3, 0.4) is 0 Å². The summed E-state index contributed by atoms with van der Waals surface area (Å²) in [7, 11) is 0. The molecule has 1 saturated heterocycles. The first-order chi connectivity index (χ1) is 8.56. The van der Waals surface area contributed by atoms with E-state index in [1.54, 1.807) is 0 Å². The summed E-state index contributed by atoms with van der Waals surface area (Å²) in [6.45, 7) is 5.28. The molecule has 1 aromatic heterocycles. The van der Waals surface area contributed by atoms with Crippen LogP contribution in [0.1, 0.15) is 29.9 Å². The lowest BCUT2D eigenvalue weighted by Crippen LogP contribution is -2.34. The molecule has 1 unspecified atom stereocenters. The highest BCUT2D eigenvalue weighted by Gasteiger charge is 2.22. The molecule has 0 saturated carbocycles. The first kappa shape index (κ1) is 13.1. The molecule has 4 N–H and O–H groups in total. The monoisotopic (exact) mass is 270 g/mol. The van der Waals surface area contributed by atoms with Gasteiger partial charge in [-0.2, -0.15) is 0 Å². The maximum absolute atomic E-state index is 12.0. The SMILES string of the molecule is CC(C)Nc1nc(N)c(C(=O)NC2CCOC2)s1. The molecular formula is C11H18N4O2S. The van der Waals surface area contributed by atoms with E-state index in [0.717, 1.165) is 6.42 Å². The molecule has 0 aromatic carbocycles. The number of nitrogen functional groups attached to an aromatic ring is 1. The number of anilines is 2. The number of hydrogen-bond acceptors (Lipinski definition) is 6. The van der Waals surface area contributed by atoms with E-state index < -0.39 is 0 Å². The lowest BCUT2D eigenvalue weighted by Gasteiger charge is -2.09. The van der Waals surface area contributed by atoms with E-state index in [1.807, 2.05) is 13.8 Å². The van der Waals surface area contributed by atoms with Gasteiger partial charge in [0, 0.05) is 12.6 Å². The van der Waals surface area contributed by atoms with Gasteiger partial charge in [0.2, 0.25) is 0 Å². The van der Waals surface area contributed by atoms with Crippen molar-refractivity contribution < 1.29 is 9.53 Å². The predicted octanol–water partition coefficient (Wildman–Crippen LogP) is 1.06. The molecule has 18 heavy (non-hydrogen) atoms. The number of aromatic nitrogens is 1. The van der Waals surface area contributed by atoms with E-state index >= 15 is 0 Å². The molecule has 1 aliphatic heterocycles. The Morgan fingerprint density at radius 3 is 3.00 bits per heavy atom. The van der Waals surface area contributed by atoms with Crippen molar-refractivity contribution in [1.82, 2.24) is 10.3 Å². The Morgan fingerprint density at radius 2 is 2.39 bits per heavy atom. The molecule has 100 valence electrons. The van der Waals surface area contributed by atoms with Gasteiger partial charge in [0.05, 0.1) is 12.6 Å². The average Bonchev–Trinajstić information content (AvgIpc) is 2.87. The summed E-state index contributed by atoms with van der Waals surface area (Å²) < 4.78 is 5.21. The van der Waals surface area contributed by atoms with Crippen LogP contribution in [-0.2, 0) is 4.74 Å². The maximum atomic E-state index is 12.0. The molecule has 0 radical (unpaired) electrons. The number of ether oxygens (including phenoxy) is 1. The van der Waals surface area contributed by atoms with Gasteiger partial charge in [0.1, 0.15) is 10.7 Å². The second kappa shape index (κ2) is 5.53. The number of carbonyl (C=O) groups excluding carboxylic acids is 1. The van der Waals surface area contributed by atoms with Crippen LogP contribution >= 0.6 is 11.3 Å². The maximum Gasteiger partial charge on any atom is 0.265 e. The highest BCUT2D eigenvalue weighted by atomic mass is 32.1. The number of carbonyl (C=O) groups is 1. The van der Waals surface area contributed by atoms with Gasteiger partial charge in [0.15, 0.2) is 5.13 Å². The molecule has 1 amide bonds. The van der Waals surface area contributed by atoms with E-state index in [-0.39, 0.29) is 23.8 Å². The summed E-state index contributed by atoms with van der Waals surface area (Å²) >= 11 is 1.28. The average molecular weight is 270 g/mol. The minimum Gasteiger partial charge on any atom is -0.382 e. The molecule has 2 heterocycles. The molecule has 6 nitrogen and oxygen atoms in total. The number of rotatable bonds is 4. The molecule has 0 spiro atoms. The normalized spacial score (nSPS) is 19.2. The Bertz CT molecular complexity index is 427. The van der Waals surface area contributed by atoms with E-state index in [4.69, 9.17) is 10.5 Å². The molecule has 1 aromatic rings. The Balaban J connectivity index is 2.02. The fraction of sp³-hybridized carbons (Fsp3) is 0.636. The lowest BCUT2D eigenvalue weighted by atomic mass is 10.2. The van der Waals surface area contributed by atoms with Crippen LogP contribution in [0.4, 0.5) is 10.9 Å². The summed E-state index contributed by atoms with van der Waals surface area (Å²) in [5.41, 5.74) is 5.76. The highest BCUT2D eigenvalue weighted by molar-refractivity contribution is 7.18. The molecule has 1 aliphatic rings. The van der Waals surface area contributed by atoms with Crippen LogP contribution in [0, 0.1) is 0 Å². The summed E-state index contributed by atoms with van der Waals surface area (Å²) in [5, 5.41) is 6.71. The molecule has 7 heteroatoms. The topological polar surface area (TPSA) is 89.3 Å². The van der Waals surface area contributed by atoms with Gasteiger partial charge in [-0.1, -0.05) is 11.3 Å². The summed E-state index contributed by atoms with van der Waals surface area (Å²) in [6.07, 6.45) is 0.849. The van der Waals surface area contributed by atoms with E-state index in [2.05, 4.69) is 15.6 Å². The zero-order valence-corrected chi connectivity index (χ0v) is 11.3. The molecular weight excluding hydrogens is 252 g/mol. The lowest BCUT2D eigenvalue weighted by molar-refractivity contribution is 0.0934. The van der Waals surface area contributed by atoms with Gasteiger partial charge in [-0.05, 0) is 20.3 Å². The third-order valence-electron chi connectivity index (χ3n) is 2.54. The summed E-state index contributed by atoms with van der Waals surface area (Å²) in [6, 6.07) is 0.343. The Labute approximate surface area is 110 Å². The van der Waals surface area contributed by atoms with Gasteiger partial charge in [0.25, 0.3) is 5.91 Å². The van der Waals surface area contributed by atoms with Gasteiger partial charge in [-0.25, -0.2) is 4.98 Å². The van der Waals surface area contributed by atoms with Crippen molar-refractivity contribution in [3.63, 3.8) is 0 Å². The zero-order chi connectivity index (χ0) is 13.1. The molecule has 0 aliphatic carbocycles. The fourth-order valence-corrected chi connectivity index (χ4v) is 2.64. The second-order valence-corrected chi connectivity index (χ2v) is 5.57. The Hall–Kier alpha value is -1.34. The number of nitrogens with two attached hydrogens (primary N) is 1. The smallest absolute Gasteiger partial charge is 0.265 e. The summed E-state index contributed by atoms with van der Waals surface area (Å²) in [4.78, 5) is 16.6. The van der Waals surface area contributed by atoms with Crippen molar-refractivity contribution in [1.29, 1.82) is 0 Å². The zero-order valence-electron chi connectivity index (χ0n) is 10.5. The largest absolute Gasteiger partial charge is 0.382 e. The van der Waals surface area contributed by atoms with Crippen molar-refractivity contribution >= 4 is 28.2 Å². The van der Waals surface area contributed by atoms with Crippen LogP contribution in [0.25, 0.3) is 0 Å². The van der Waals surface area contributed by atoms with E-state index in [1.165, 1.54) is 11.3 Å². The third kappa shape index (κ3) is 3.11. The standard InChI is InChI=1S/C11H18N4O2S/c1-6(2)13-11-15-9(12)8(18-11)10(16)14-7-3-4-17-5-7/h6-7H,3-5,12H2,1-2H3,(H,13,15)(H,14,16). The second-order valence-electron chi connectivity index (χ2n) is 4.57. The van der Waals surface area contributed by atoms with Crippen LogP contribution < -0.4 is 16.4 Å². The fourth-order valence-electron chi connectivity index (χ4n) is 1.70. The van der Waals surface area contributed by atoms with Crippen LogP contribution in [0.15, 0.2) is 0 Å². The van der Waals surface area contributed by atoms with Gasteiger partial charge in [-0.3, -0.25) is 4.79 Å². The van der Waals surface area contributed by atoms with Crippen molar-refractivity contribution in [3.8, 4) is 0 Å². The summed E-state index contributed by atoms with van der Waals surface area (Å²) in [5.74, 6) is 0.108. The van der Waals surface area contributed by atoms with Gasteiger partial charge < -0.3 is 21.1 Å². The number of hydrogen-bond donors (Lipinski definition) is 3. The Morgan fingerprint density at radius 1 is 1.61 bits per heavy atom. The number of amides is 1. The van der Waals surface area contributed by atoms with Crippen molar-refractivity contribution in [2.45, 2.75) is 32.4 Å². The number of nitrogens with one attached hydrogen (secondary N) is 2. The van der Waals surface area contributed by atoms with Crippen molar-refractivity contribution in [2.75, 3.05) is 24.3 Å². The minimum atomic E-state index is -0.169. The van der Waals surface area contributed by atoms with Crippen LogP contribution in [0.2, 0.25) is 0 Å². The quantitative estimate of drug-likeness (QED) is 0.761. The highest BCUT2D eigenvalue weighted by Crippen LogP contribution is 2.25. The number of nitrogens with zero attached hydrogens (tertiary/aromatic N) is 1. The molecule has 1 fully saturated rings. The first-order valence-corrected chi connectivity index (χ1v) is 6.79. The van der Waals surface area contributed by atoms with Crippen LogP contribution in [0.5, 0.6) is 0 Å². The van der Waals surface area contributed by atoms with Crippen molar-refractivity contribution in [3.05, 3.63) is 4.88 Å². The molecule has 0 bridgehead atoms. The number of thiazole rings is 1. The van der Waals surface area contributed by atoms with Gasteiger partial charge in [-0.15, -0.1) is 0 Å². The molecule has 1 atom stereocenters. The van der Waals surface area contributed by atoms with Gasteiger partial charge >= 0.3 is 0 Å². The predicted molar refractivity (Wildman–Crippen MR) is 72.0 cm³/mol. The van der Waals surface area contributed by atoms with Crippen LogP contribution in [-0.4, -0.2) is 36.2 Å². The van der Waals surface area contributed by atoms with E-state index in [9.17, 15) is 4.79 Å². The van der Waals surface area contributed by atoms with Crippen molar-refractivity contribution in [2.24, 2.45) is 0 Å². The Kier molecular flexibility index (Phi) is 4.03. The minimum absolute atomic E-state index is 0.0838. The first-order valence-electron chi connectivity index (χ1n) is 5.97. The molecule has 2 rings (SSSR count). The van der Waals surface area contributed by atoms with E-state index in [0.29, 0.717) is 23.2 Å².